The Labute approximate surface area is 405 Å². The summed E-state index contributed by atoms with van der Waals surface area (Å²) < 4.78 is 11.4. The van der Waals surface area contributed by atoms with Gasteiger partial charge in [0.1, 0.15) is 16.7 Å². The van der Waals surface area contributed by atoms with Gasteiger partial charge in [-0.15, -0.1) is 10.2 Å². The third kappa shape index (κ3) is 9.53. The molecular formula is C53H48N12O6. The number of anilines is 2. The highest BCUT2D eigenvalue weighted by Crippen LogP contribution is 2.26. The van der Waals surface area contributed by atoms with Gasteiger partial charge in [-0.2, -0.15) is 0 Å². The topological polar surface area (TPSA) is 227 Å². The molecule has 0 aliphatic rings. The molecule has 6 aromatic heterocycles. The number of nitrogen functional groups attached to an aromatic ring is 1. The number of para-hydroxylation sites is 2. The van der Waals surface area contributed by atoms with Crippen molar-refractivity contribution in [2.24, 2.45) is 0 Å². The molecular weight excluding hydrogens is 901 g/mol. The summed E-state index contributed by atoms with van der Waals surface area (Å²) in [5, 5.41) is 19.7. The van der Waals surface area contributed by atoms with Gasteiger partial charge >= 0.3 is 6.09 Å². The molecule has 0 saturated heterocycles. The zero-order chi connectivity index (χ0) is 50.0. The van der Waals surface area contributed by atoms with Crippen molar-refractivity contribution >= 4 is 62.4 Å². The highest BCUT2D eigenvalue weighted by atomic mass is 16.6. The van der Waals surface area contributed by atoms with Crippen LogP contribution in [0.5, 0.6) is 0 Å². The Hall–Kier alpha value is -9.45. The lowest BCUT2D eigenvalue weighted by molar-refractivity contribution is 0.0635. The first kappa shape index (κ1) is 46.7. The molecule has 0 unspecified atom stereocenters. The van der Waals surface area contributed by atoms with Crippen molar-refractivity contribution in [3.8, 4) is 11.4 Å². The molecule has 5 N–H and O–H groups in total. The summed E-state index contributed by atoms with van der Waals surface area (Å²) in [6, 6.07) is 39.4. The monoisotopic (exact) mass is 948 g/mol. The Kier molecular flexibility index (Phi) is 12.7. The number of pyridine rings is 2. The van der Waals surface area contributed by atoms with Gasteiger partial charge in [-0.05, 0) is 106 Å². The standard InChI is InChI=1S/C29H28N6O4.C24H20N6O2/c1-18(22-17-19-11-8-9-14-21(19)27(37)35(22)20-12-6-5-7-13-20)31-26(36)23-24(32-28(38)39-29(2,3)4)33-34-16-10-15-30-25(23)34;1-15(27-23(31)20-21(25)28-29-13-7-12-26-22(20)29)19-14-16-8-5-6-11-18(16)24(32)30(19)17-9-3-2-4-10-17/h5-18H,1-4H3,(H,31,36)(H,32,33,38);2-15H,1H3,(H2,25,28)(H,27,31)/t18-;15-/m00/s1. The van der Waals surface area contributed by atoms with E-state index in [2.05, 4.69) is 36.1 Å². The minimum atomic E-state index is -0.750. The predicted molar refractivity (Wildman–Crippen MR) is 271 cm³/mol. The van der Waals surface area contributed by atoms with Crippen LogP contribution in [0.25, 0.3) is 44.2 Å². The number of amides is 3. The Morgan fingerprint density at radius 1 is 0.592 bits per heavy atom. The average molecular weight is 949 g/mol. The lowest BCUT2D eigenvalue weighted by Gasteiger charge is -2.21. The highest BCUT2D eigenvalue weighted by Gasteiger charge is 2.28. The molecule has 6 heterocycles. The van der Waals surface area contributed by atoms with Gasteiger partial charge < -0.3 is 21.1 Å². The summed E-state index contributed by atoms with van der Waals surface area (Å²) in [5.74, 6) is -0.842. The number of fused-ring (bicyclic) bond motifs is 4. The van der Waals surface area contributed by atoms with Crippen molar-refractivity contribution in [3.63, 3.8) is 0 Å². The van der Waals surface area contributed by atoms with Crippen molar-refractivity contribution in [1.82, 2.24) is 49.0 Å². The molecule has 71 heavy (non-hydrogen) atoms. The molecule has 0 spiro atoms. The molecule has 0 aliphatic carbocycles. The maximum atomic E-state index is 13.7. The predicted octanol–water partition coefficient (Wildman–Crippen LogP) is 7.98. The van der Waals surface area contributed by atoms with Gasteiger partial charge in [0.15, 0.2) is 22.9 Å². The lowest BCUT2D eigenvalue weighted by atomic mass is 10.1. The van der Waals surface area contributed by atoms with E-state index in [4.69, 9.17) is 10.5 Å². The molecule has 18 nitrogen and oxygen atoms in total. The number of nitrogens with one attached hydrogen (secondary N) is 3. The largest absolute Gasteiger partial charge is 0.444 e. The Morgan fingerprint density at radius 3 is 1.52 bits per heavy atom. The molecule has 4 aromatic carbocycles. The molecule has 356 valence electrons. The van der Waals surface area contributed by atoms with Crippen molar-refractivity contribution in [2.75, 3.05) is 11.1 Å². The van der Waals surface area contributed by atoms with Crippen LogP contribution in [0.2, 0.25) is 0 Å². The molecule has 0 radical (unpaired) electrons. The first-order valence-corrected chi connectivity index (χ1v) is 22.6. The van der Waals surface area contributed by atoms with Crippen molar-refractivity contribution < 1.29 is 19.1 Å². The number of carbonyl (C=O) groups is 3. The third-order valence-corrected chi connectivity index (χ3v) is 11.4. The number of ether oxygens (including phenoxy) is 1. The summed E-state index contributed by atoms with van der Waals surface area (Å²) in [5.41, 5.74) is 8.44. The van der Waals surface area contributed by atoms with E-state index in [-0.39, 0.29) is 39.5 Å². The van der Waals surface area contributed by atoms with Crippen LogP contribution in [0.4, 0.5) is 16.4 Å². The average Bonchev–Trinajstić information content (AvgIpc) is 3.90. The first-order valence-electron chi connectivity index (χ1n) is 22.6. The van der Waals surface area contributed by atoms with Gasteiger partial charge in [0.2, 0.25) is 0 Å². The van der Waals surface area contributed by atoms with Gasteiger partial charge in [0.25, 0.3) is 22.9 Å². The smallest absolute Gasteiger partial charge is 0.413 e. The second kappa shape index (κ2) is 19.3. The molecule has 0 aliphatic heterocycles. The SMILES string of the molecule is C[C@H](NC(=O)c1c(N)nn2cccnc12)c1cc2ccccc2c(=O)n1-c1ccccc1.C[C@H](NC(=O)c1c(NC(=O)OC(C)(C)C)nn2cccnc12)c1cc2ccccc2c(=O)n1-c1ccccc1. The van der Waals surface area contributed by atoms with Gasteiger partial charge in [-0.25, -0.2) is 23.8 Å². The molecule has 18 heteroatoms. The minimum absolute atomic E-state index is 0.00612. The molecule has 10 rings (SSSR count). The van der Waals surface area contributed by atoms with Crippen LogP contribution >= 0.6 is 0 Å². The fourth-order valence-corrected chi connectivity index (χ4v) is 8.27. The van der Waals surface area contributed by atoms with Crippen LogP contribution in [0, 0.1) is 0 Å². The molecule has 0 bridgehead atoms. The Bertz CT molecular complexity index is 3760. The minimum Gasteiger partial charge on any atom is -0.444 e. The second-order valence-corrected chi connectivity index (χ2v) is 17.5. The number of aromatic nitrogens is 8. The van der Waals surface area contributed by atoms with Gasteiger partial charge in [-0.1, -0.05) is 72.8 Å². The van der Waals surface area contributed by atoms with Gasteiger partial charge in [-0.3, -0.25) is 33.6 Å². The normalized spacial score (nSPS) is 12.2. The van der Waals surface area contributed by atoms with E-state index in [0.29, 0.717) is 33.5 Å². The molecule has 0 fully saturated rings. The number of hydrogen-bond acceptors (Lipinski definition) is 11. The zero-order valence-electron chi connectivity index (χ0n) is 39.3. The second-order valence-electron chi connectivity index (χ2n) is 17.5. The summed E-state index contributed by atoms with van der Waals surface area (Å²) in [6.07, 6.45) is 5.66. The summed E-state index contributed by atoms with van der Waals surface area (Å²) in [6.45, 7) is 8.84. The van der Waals surface area contributed by atoms with Gasteiger partial charge in [0, 0.05) is 58.3 Å². The number of nitrogens with two attached hydrogens (primary N) is 1. The number of benzene rings is 4. The summed E-state index contributed by atoms with van der Waals surface area (Å²) in [4.78, 5) is 74.9. The van der Waals surface area contributed by atoms with Crippen LogP contribution in [0.15, 0.2) is 168 Å². The van der Waals surface area contributed by atoms with Crippen LogP contribution in [-0.2, 0) is 4.74 Å². The number of hydrogen-bond donors (Lipinski definition) is 4. The Morgan fingerprint density at radius 2 is 1.03 bits per heavy atom. The fraction of sp³-hybridized carbons (Fsp3) is 0.151. The van der Waals surface area contributed by atoms with Crippen molar-refractivity contribution in [3.05, 3.63) is 201 Å². The first-order chi connectivity index (χ1) is 34.2. The van der Waals surface area contributed by atoms with E-state index in [9.17, 15) is 24.0 Å². The highest BCUT2D eigenvalue weighted by molar-refractivity contribution is 6.07. The van der Waals surface area contributed by atoms with Crippen molar-refractivity contribution in [2.45, 2.75) is 52.3 Å². The maximum Gasteiger partial charge on any atom is 0.413 e. The summed E-state index contributed by atoms with van der Waals surface area (Å²) >= 11 is 0. The Balaban J connectivity index is 0.000000179. The van der Waals surface area contributed by atoms with Crippen LogP contribution in [0.3, 0.4) is 0 Å². The van der Waals surface area contributed by atoms with Crippen molar-refractivity contribution in [1.29, 1.82) is 0 Å². The third-order valence-electron chi connectivity index (χ3n) is 11.4. The van der Waals surface area contributed by atoms with E-state index in [1.54, 1.807) is 79.7 Å². The molecule has 10 aromatic rings. The van der Waals surface area contributed by atoms with E-state index in [1.165, 1.54) is 15.2 Å². The zero-order valence-corrected chi connectivity index (χ0v) is 39.3. The number of rotatable bonds is 9. The van der Waals surface area contributed by atoms with E-state index >= 15 is 0 Å². The quantitative estimate of drug-likeness (QED) is 0.108. The van der Waals surface area contributed by atoms with Crippen LogP contribution in [0.1, 0.15) is 78.8 Å². The fourth-order valence-electron chi connectivity index (χ4n) is 8.27. The number of nitrogens with zero attached hydrogens (tertiary/aromatic N) is 8. The molecule has 2 atom stereocenters. The van der Waals surface area contributed by atoms with Gasteiger partial charge in [0.05, 0.1) is 12.1 Å². The summed E-state index contributed by atoms with van der Waals surface area (Å²) in [7, 11) is 0. The van der Waals surface area contributed by atoms with Crippen LogP contribution < -0.4 is 32.8 Å². The molecule has 0 saturated carbocycles. The maximum absolute atomic E-state index is 13.7. The molecule has 3 amide bonds. The van der Waals surface area contributed by atoms with E-state index < -0.39 is 35.6 Å². The number of carbonyl (C=O) groups excluding carboxylic acids is 3. The van der Waals surface area contributed by atoms with E-state index in [0.717, 1.165) is 16.5 Å². The lowest BCUT2D eigenvalue weighted by Crippen LogP contribution is -2.33. The van der Waals surface area contributed by atoms with E-state index in [1.807, 2.05) is 116 Å². The van der Waals surface area contributed by atoms with Crippen LogP contribution in [-0.4, -0.2) is 61.8 Å².